The molecule has 0 atom stereocenters. The summed E-state index contributed by atoms with van der Waals surface area (Å²) in [5.74, 6) is -0.204. The van der Waals surface area contributed by atoms with Gasteiger partial charge in [-0.3, -0.25) is 9.78 Å². The van der Waals surface area contributed by atoms with Gasteiger partial charge in [0.25, 0.3) is 0 Å². The maximum atomic E-state index is 11.2. The van der Waals surface area contributed by atoms with Crippen LogP contribution in [0.25, 0.3) is 0 Å². The molecule has 1 heterocycles. The van der Waals surface area contributed by atoms with Crippen LogP contribution in [0.4, 0.5) is 0 Å². The predicted octanol–water partition coefficient (Wildman–Crippen LogP) is 1.17. The van der Waals surface area contributed by atoms with E-state index in [2.05, 4.69) is 10.3 Å². The number of hydrogen-bond acceptors (Lipinski definition) is 4. The van der Waals surface area contributed by atoms with E-state index in [4.69, 9.17) is 4.74 Å². The standard InChI is InChI=1S/C12H18N2O2/c1-10(2)16-12(15)9-14-8-5-11-3-6-13-7-4-11/h3-4,6-7,10,14H,5,8-9H2,1-2H3. The largest absolute Gasteiger partial charge is 0.462 e. The van der Waals surface area contributed by atoms with Gasteiger partial charge in [0, 0.05) is 12.4 Å². The number of esters is 1. The van der Waals surface area contributed by atoms with E-state index in [1.807, 2.05) is 26.0 Å². The highest BCUT2D eigenvalue weighted by Crippen LogP contribution is 1.95. The van der Waals surface area contributed by atoms with Crippen molar-refractivity contribution in [3.05, 3.63) is 30.1 Å². The van der Waals surface area contributed by atoms with Gasteiger partial charge in [-0.2, -0.15) is 0 Å². The summed E-state index contributed by atoms with van der Waals surface area (Å²) in [4.78, 5) is 15.1. The Hall–Kier alpha value is -1.42. The highest BCUT2D eigenvalue weighted by molar-refractivity contribution is 5.71. The third-order valence-electron chi connectivity index (χ3n) is 1.98. The number of carbonyl (C=O) groups is 1. The van der Waals surface area contributed by atoms with E-state index in [1.54, 1.807) is 12.4 Å². The fraction of sp³-hybridized carbons (Fsp3) is 0.500. The maximum Gasteiger partial charge on any atom is 0.320 e. The van der Waals surface area contributed by atoms with Crippen molar-refractivity contribution in [2.75, 3.05) is 13.1 Å². The molecular formula is C12H18N2O2. The van der Waals surface area contributed by atoms with Crippen molar-refractivity contribution in [2.24, 2.45) is 0 Å². The molecule has 0 amide bonds. The number of aromatic nitrogens is 1. The quantitative estimate of drug-likeness (QED) is 0.580. The number of ether oxygens (including phenoxy) is 1. The molecular weight excluding hydrogens is 204 g/mol. The van der Waals surface area contributed by atoms with Crippen LogP contribution < -0.4 is 5.32 Å². The number of nitrogens with zero attached hydrogens (tertiary/aromatic N) is 1. The van der Waals surface area contributed by atoms with Gasteiger partial charge in [0.2, 0.25) is 0 Å². The van der Waals surface area contributed by atoms with E-state index >= 15 is 0 Å². The first-order valence-electron chi connectivity index (χ1n) is 5.47. The number of pyridine rings is 1. The smallest absolute Gasteiger partial charge is 0.320 e. The summed E-state index contributed by atoms with van der Waals surface area (Å²) in [6.45, 7) is 4.71. The molecule has 4 heteroatoms. The molecule has 0 aromatic carbocycles. The molecule has 0 bridgehead atoms. The second kappa shape index (κ2) is 6.95. The molecule has 0 radical (unpaired) electrons. The van der Waals surface area contributed by atoms with Crippen molar-refractivity contribution in [2.45, 2.75) is 26.4 Å². The molecule has 1 aromatic rings. The lowest BCUT2D eigenvalue weighted by Gasteiger charge is -2.08. The van der Waals surface area contributed by atoms with Gasteiger partial charge in [0.15, 0.2) is 0 Å². The van der Waals surface area contributed by atoms with Crippen molar-refractivity contribution in [3.8, 4) is 0 Å². The average Bonchev–Trinajstić information content (AvgIpc) is 2.25. The van der Waals surface area contributed by atoms with Crippen molar-refractivity contribution >= 4 is 5.97 Å². The molecule has 0 unspecified atom stereocenters. The lowest BCUT2D eigenvalue weighted by atomic mass is 10.2. The van der Waals surface area contributed by atoms with Crippen LogP contribution in [0.2, 0.25) is 0 Å². The summed E-state index contributed by atoms with van der Waals surface area (Å²) in [5.41, 5.74) is 1.21. The predicted molar refractivity (Wildman–Crippen MR) is 62.0 cm³/mol. The number of nitrogens with one attached hydrogen (secondary N) is 1. The molecule has 0 aliphatic rings. The van der Waals surface area contributed by atoms with Gasteiger partial charge in [-0.25, -0.2) is 0 Å². The molecule has 4 nitrogen and oxygen atoms in total. The third kappa shape index (κ3) is 5.46. The van der Waals surface area contributed by atoms with E-state index in [9.17, 15) is 4.79 Å². The van der Waals surface area contributed by atoms with Gasteiger partial charge < -0.3 is 10.1 Å². The monoisotopic (exact) mass is 222 g/mol. The van der Waals surface area contributed by atoms with Crippen LogP contribution in [0.5, 0.6) is 0 Å². The Morgan fingerprint density at radius 1 is 1.44 bits per heavy atom. The van der Waals surface area contributed by atoms with Crippen molar-refractivity contribution < 1.29 is 9.53 Å². The third-order valence-corrected chi connectivity index (χ3v) is 1.98. The summed E-state index contributed by atoms with van der Waals surface area (Å²) in [6.07, 6.45) is 4.37. The molecule has 1 N–H and O–H groups in total. The minimum Gasteiger partial charge on any atom is -0.462 e. The van der Waals surface area contributed by atoms with Gasteiger partial charge in [0.05, 0.1) is 12.6 Å². The molecule has 1 rings (SSSR count). The van der Waals surface area contributed by atoms with E-state index in [1.165, 1.54) is 5.56 Å². The molecule has 0 saturated carbocycles. The van der Waals surface area contributed by atoms with Crippen molar-refractivity contribution in [3.63, 3.8) is 0 Å². The van der Waals surface area contributed by atoms with E-state index in [0.29, 0.717) is 0 Å². The number of rotatable bonds is 6. The molecule has 0 fully saturated rings. The van der Waals surface area contributed by atoms with Crippen LogP contribution in [0.3, 0.4) is 0 Å². The van der Waals surface area contributed by atoms with Crippen LogP contribution in [0, 0.1) is 0 Å². The maximum absolute atomic E-state index is 11.2. The lowest BCUT2D eigenvalue weighted by Crippen LogP contribution is -2.28. The van der Waals surface area contributed by atoms with Crippen LogP contribution in [0.15, 0.2) is 24.5 Å². The normalized spacial score (nSPS) is 10.4. The molecule has 16 heavy (non-hydrogen) atoms. The molecule has 0 aliphatic heterocycles. The van der Waals surface area contributed by atoms with E-state index < -0.39 is 0 Å². The Kier molecular flexibility index (Phi) is 5.50. The Balaban J connectivity index is 2.10. The van der Waals surface area contributed by atoms with Gasteiger partial charge in [-0.15, -0.1) is 0 Å². The molecule has 0 aliphatic carbocycles. The van der Waals surface area contributed by atoms with Crippen LogP contribution in [-0.2, 0) is 16.0 Å². The van der Waals surface area contributed by atoms with Crippen molar-refractivity contribution in [1.29, 1.82) is 0 Å². The van der Waals surface area contributed by atoms with Gasteiger partial charge in [0.1, 0.15) is 0 Å². The van der Waals surface area contributed by atoms with Gasteiger partial charge in [-0.1, -0.05) is 0 Å². The summed E-state index contributed by atoms with van der Waals surface area (Å²) in [5, 5.41) is 3.04. The zero-order valence-electron chi connectivity index (χ0n) is 9.77. The average molecular weight is 222 g/mol. The topological polar surface area (TPSA) is 51.2 Å². The summed E-state index contributed by atoms with van der Waals surface area (Å²) >= 11 is 0. The lowest BCUT2D eigenvalue weighted by molar-refractivity contribution is -0.146. The van der Waals surface area contributed by atoms with E-state index in [-0.39, 0.29) is 18.6 Å². The fourth-order valence-corrected chi connectivity index (χ4v) is 1.28. The molecule has 88 valence electrons. The highest BCUT2D eigenvalue weighted by Gasteiger charge is 2.03. The Bertz CT molecular complexity index is 312. The number of carbonyl (C=O) groups excluding carboxylic acids is 1. The SMILES string of the molecule is CC(C)OC(=O)CNCCc1ccncc1. The second-order valence-corrected chi connectivity index (χ2v) is 3.82. The molecule has 0 spiro atoms. The Morgan fingerprint density at radius 3 is 2.75 bits per heavy atom. The summed E-state index contributed by atoms with van der Waals surface area (Å²) in [6, 6.07) is 3.93. The second-order valence-electron chi connectivity index (χ2n) is 3.82. The zero-order chi connectivity index (χ0) is 11.8. The first-order chi connectivity index (χ1) is 7.68. The number of hydrogen-bond donors (Lipinski definition) is 1. The first kappa shape index (κ1) is 12.6. The first-order valence-corrected chi connectivity index (χ1v) is 5.47. The minimum absolute atomic E-state index is 0.0468. The minimum atomic E-state index is -0.204. The Morgan fingerprint density at radius 2 is 2.12 bits per heavy atom. The molecule has 1 aromatic heterocycles. The van der Waals surface area contributed by atoms with Gasteiger partial charge >= 0.3 is 5.97 Å². The van der Waals surface area contributed by atoms with Crippen LogP contribution in [0.1, 0.15) is 19.4 Å². The van der Waals surface area contributed by atoms with Crippen molar-refractivity contribution in [1.82, 2.24) is 10.3 Å². The van der Waals surface area contributed by atoms with Gasteiger partial charge in [-0.05, 0) is 44.5 Å². The zero-order valence-corrected chi connectivity index (χ0v) is 9.77. The van der Waals surface area contributed by atoms with Crippen LogP contribution in [-0.4, -0.2) is 30.1 Å². The molecule has 0 saturated heterocycles. The summed E-state index contributed by atoms with van der Waals surface area (Å²) < 4.78 is 4.99. The van der Waals surface area contributed by atoms with E-state index in [0.717, 1.165) is 13.0 Å². The van der Waals surface area contributed by atoms with Crippen LogP contribution >= 0.6 is 0 Å². The fourth-order valence-electron chi connectivity index (χ4n) is 1.28. The highest BCUT2D eigenvalue weighted by atomic mass is 16.5. The summed E-state index contributed by atoms with van der Waals surface area (Å²) in [7, 11) is 0. The Labute approximate surface area is 96.0 Å².